The molecule has 2 nitrogen and oxygen atoms in total. The second kappa shape index (κ2) is 12.2. The Labute approximate surface area is 312 Å². The van der Waals surface area contributed by atoms with Crippen molar-refractivity contribution in [3.63, 3.8) is 0 Å². The number of para-hydroxylation sites is 1. The van der Waals surface area contributed by atoms with Crippen LogP contribution >= 0.6 is 0 Å². The lowest BCUT2D eigenvalue weighted by Crippen LogP contribution is -2.09. The number of hydrogen-bond acceptors (Lipinski definition) is 2. The van der Waals surface area contributed by atoms with Crippen molar-refractivity contribution in [2.75, 3.05) is 4.90 Å². The second-order valence-corrected chi connectivity index (χ2v) is 14.1. The van der Waals surface area contributed by atoms with E-state index in [2.05, 4.69) is 193 Å². The number of benzene rings is 10. The Morgan fingerprint density at radius 3 is 1.65 bits per heavy atom. The van der Waals surface area contributed by atoms with Crippen LogP contribution in [0.3, 0.4) is 0 Å². The lowest BCUT2D eigenvalue weighted by Gasteiger charge is -2.26. The molecular formula is C52H33NO. The van der Waals surface area contributed by atoms with E-state index in [1.54, 1.807) is 0 Å². The van der Waals surface area contributed by atoms with Crippen LogP contribution in [0.5, 0.6) is 0 Å². The van der Waals surface area contributed by atoms with E-state index < -0.39 is 0 Å². The molecule has 252 valence electrons. The summed E-state index contributed by atoms with van der Waals surface area (Å²) in [5.74, 6) is 0. The molecule has 0 amide bonds. The summed E-state index contributed by atoms with van der Waals surface area (Å²) in [5, 5.41) is 12.1. The molecule has 1 heterocycles. The Bertz CT molecular complexity index is 3200. The van der Waals surface area contributed by atoms with Gasteiger partial charge >= 0.3 is 0 Å². The highest BCUT2D eigenvalue weighted by molar-refractivity contribution is 6.15. The highest BCUT2D eigenvalue weighted by Crippen LogP contribution is 2.41. The number of furan rings is 1. The predicted octanol–water partition coefficient (Wildman–Crippen LogP) is 15.0. The van der Waals surface area contributed by atoms with E-state index in [9.17, 15) is 0 Å². The van der Waals surface area contributed by atoms with Crippen LogP contribution in [0.1, 0.15) is 0 Å². The average Bonchev–Trinajstić information content (AvgIpc) is 3.63. The molecule has 11 aromatic rings. The Hall–Kier alpha value is -7.16. The van der Waals surface area contributed by atoms with Crippen molar-refractivity contribution in [1.29, 1.82) is 0 Å². The summed E-state index contributed by atoms with van der Waals surface area (Å²) in [6.07, 6.45) is 0. The second-order valence-electron chi connectivity index (χ2n) is 14.1. The van der Waals surface area contributed by atoms with Crippen LogP contribution in [0, 0.1) is 0 Å². The third-order valence-electron chi connectivity index (χ3n) is 11.0. The van der Waals surface area contributed by atoms with Crippen LogP contribution < -0.4 is 4.90 Å². The van der Waals surface area contributed by atoms with E-state index in [0.717, 1.165) is 49.8 Å². The molecule has 0 spiro atoms. The standard InChI is InChI=1S/C52H33NO/c1-3-11-44-35(8-1)10-7-14-46(44)37-20-26-42(27-21-37)53(43-28-31-48-40(33-43)23-30-50-49-13-5-6-15-51(49)54-52(48)50)41-24-18-34(19-25-41)38-22-29-47-39(32-38)17-16-36-9-2-4-12-45(36)47/h1-33H. The Kier molecular flexibility index (Phi) is 6.90. The van der Waals surface area contributed by atoms with E-state index in [1.165, 1.54) is 54.6 Å². The van der Waals surface area contributed by atoms with E-state index >= 15 is 0 Å². The SMILES string of the molecule is c1ccc2c(-c3ccc(N(c4ccc(-c5ccc6c(ccc7ccccc76)c5)cc4)c4ccc5c(ccc6c7ccccc7oc56)c4)cc3)cccc2c1. The summed E-state index contributed by atoms with van der Waals surface area (Å²) in [6, 6.07) is 72.4. The topological polar surface area (TPSA) is 16.4 Å². The fraction of sp³-hybridized carbons (Fsp3) is 0. The van der Waals surface area contributed by atoms with Gasteiger partial charge in [-0.2, -0.15) is 0 Å². The summed E-state index contributed by atoms with van der Waals surface area (Å²) < 4.78 is 6.41. The van der Waals surface area contributed by atoms with Gasteiger partial charge in [0.05, 0.1) is 0 Å². The van der Waals surface area contributed by atoms with Crippen molar-refractivity contribution in [2.45, 2.75) is 0 Å². The predicted molar refractivity (Wildman–Crippen MR) is 229 cm³/mol. The first kappa shape index (κ1) is 30.5. The van der Waals surface area contributed by atoms with Gasteiger partial charge < -0.3 is 9.32 Å². The van der Waals surface area contributed by atoms with Gasteiger partial charge in [0.2, 0.25) is 0 Å². The molecule has 0 unspecified atom stereocenters. The number of anilines is 3. The van der Waals surface area contributed by atoms with Crippen LogP contribution in [0.4, 0.5) is 17.1 Å². The number of fused-ring (bicyclic) bond motifs is 9. The van der Waals surface area contributed by atoms with Crippen molar-refractivity contribution in [3.05, 3.63) is 200 Å². The fourth-order valence-electron chi connectivity index (χ4n) is 8.35. The average molecular weight is 688 g/mol. The minimum Gasteiger partial charge on any atom is -0.455 e. The van der Waals surface area contributed by atoms with Gasteiger partial charge in [-0.1, -0.05) is 140 Å². The molecule has 0 aliphatic rings. The van der Waals surface area contributed by atoms with Crippen molar-refractivity contribution in [2.24, 2.45) is 0 Å². The molecule has 0 radical (unpaired) electrons. The van der Waals surface area contributed by atoms with Gasteiger partial charge in [0, 0.05) is 33.2 Å². The summed E-state index contributed by atoms with van der Waals surface area (Å²) in [4.78, 5) is 2.35. The van der Waals surface area contributed by atoms with E-state index in [1.807, 2.05) is 12.1 Å². The minimum atomic E-state index is 0.914. The van der Waals surface area contributed by atoms with Gasteiger partial charge in [0.25, 0.3) is 0 Å². The summed E-state index contributed by atoms with van der Waals surface area (Å²) in [5.41, 5.74) is 9.93. The third-order valence-corrected chi connectivity index (χ3v) is 11.0. The molecule has 2 heteroatoms. The third kappa shape index (κ3) is 4.96. The monoisotopic (exact) mass is 687 g/mol. The molecule has 0 N–H and O–H groups in total. The van der Waals surface area contributed by atoms with Crippen molar-refractivity contribution in [1.82, 2.24) is 0 Å². The Balaban J connectivity index is 1.02. The smallest absolute Gasteiger partial charge is 0.143 e. The maximum absolute atomic E-state index is 6.41. The molecular weight excluding hydrogens is 655 g/mol. The molecule has 11 rings (SSSR count). The van der Waals surface area contributed by atoms with Crippen molar-refractivity contribution in [3.8, 4) is 22.3 Å². The molecule has 0 atom stereocenters. The zero-order valence-electron chi connectivity index (χ0n) is 29.4. The molecule has 1 aromatic heterocycles. The zero-order valence-corrected chi connectivity index (χ0v) is 29.4. The molecule has 54 heavy (non-hydrogen) atoms. The van der Waals surface area contributed by atoms with Gasteiger partial charge in [-0.3, -0.25) is 0 Å². The molecule has 0 aliphatic heterocycles. The maximum Gasteiger partial charge on any atom is 0.143 e. The van der Waals surface area contributed by atoms with E-state index in [4.69, 9.17) is 4.42 Å². The first-order valence-electron chi connectivity index (χ1n) is 18.5. The van der Waals surface area contributed by atoms with Gasteiger partial charge in [-0.15, -0.1) is 0 Å². The van der Waals surface area contributed by atoms with Gasteiger partial charge in [0.15, 0.2) is 0 Å². The fourth-order valence-corrected chi connectivity index (χ4v) is 8.35. The molecule has 0 fully saturated rings. The van der Waals surface area contributed by atoms with Crippen LogP contribution in [0.2, 0.25) is 0 Å². The number of hydrogen-bond donors (Lipinski definition) is 0. The first-order chi connectivity index (χ1) is 26.7. The maximum atomic E-state index is 6.41. The zero-order chi connectivity index (χ0) is 35.6. The Morgan fingerprint density at radius 2 is 0.833 bits per heavy atom. The number of nitrogens with zero attached hydrogens (tertiary/aromatic N) is 1. The van der Waals surface area contributed by atoms with Gasteiger partial charge in [-0.25, -0.2) is 0 Å². The first-order valence-corrected chi connectivity index (χ1v) is 18.5. The van der Waals surface area contributed by atoms with E-state index in [0.29, 0.717) is 0 Å². The van der Waals surface area contributed by atoms with Crippen LogP contribution in [0.25, 0.3) is 87.3 Å². The molecule has 0 saturated carbocycles. The molecule has 0 saturated heterocycles. The van der Waals surface area contributed by atoms with Gasteiger partial charge in [-0.05, 0) is 121 Å². The normalized spacial score (nSPS) is 11.7. The molecule has 0 aliphatic carbocycles. The van der Waals surface area contributed by atoms with Crippen LogP contribution in [0.15, 0.2) is 205 Å². The summed E-state index contributed by atoms with van der Waals surface area (Å²) >= 11 is 0. The molecule has 0 bridgehead atoms. The quantitative estimate of drug-likeness (QED) is 0.168. The summed E-state index contributed by atoms with van der Waals surface area (Å²) in [6.45, 7) is 0. The van der Waals surface area contributed by atoms with Crippen LogP contribution in [-0.4, -0.2) is 0 Å². The van der Waals surface area contributed by atoms with E-state index in [-0.39, 0.29) is 0 Å². The highest BCUT2D eigenvalue weighted by Gasteiger charge is 2.17. The lowest BCUT2D eigenvalue weighted by molar-refractivity contribution is 0.672. The Morgan fingerprint density at radius 1 is 0.296 bits per heavy atom. The highest BCUT2D eigenvalue weighted by atomic mass is 16.3. The largest absolute Gasteiger partial charge is 0.455 e. The van der Waals surface area contributed by atoms with Crippen molar-refractivity contribution >= 4 is 82.1 Å². The van der Waals surface area contributed by atoms with Crippen molar-refractivity contribution < 1.29 is 4.42 Å². The number of rotatable bonds is 5. The van der Waals surface area contributed by atoms with Gasteiger partial charge in [0.1, 0.15) is 11.2 Å². The summed E-state index contributed by atoms with van der Waals surface area (Å²) in [7, 11) is 0. The van der Waals surface area contributed by atoms with Crippen LogP contribution in [-0.2, 0) is 0 Å². The minimum absolute atomic E-state index is 0.914. The lowest BCUT2D eigenvalue weighted by atomic mass is 9.97. The molecule has 10 aromatic carbocycles.